The number of benzene rings is 1. The predicted molar refractivity (Wildman–Crippen MR) is 77.5 cm³/mol. The predicted octanol–water partition coefficient (Wildman–Crippen LogP) is 1.62. The van der Waals surface area contributed by atoms with Gasteiger partial charge in [0.15, 0.2) is 6.10 Å². The molecule has 19 heavy (non-hydrogen) atoms. The highest BCUT2D eigenvalue weighted by molar-refractivity contribution is 5.85. The second-order valence-electron chi connectivity index (χ2n) is 4.61. The molecule has 0 bridgehead atoms. The molecule has 0 spiro atoms. The van der Waals surface area contributed by atoms with E-state index in [0.717, 1.165) is 25.2 Å². The topological polar surface area (TPSA) is 41.6 Å². The number of nitrogens with zero attached hydrogens (tertiary/aromatic N) is 1. The van der Waals surface area contributed by atoms with E-state index < -0.39 is 6.10 Å². The van der Waals surface area contributed by atoms with E-state index in [0.29, 0.717) is 0 Å². The second-order valence-corrected chi connectivity index (χ2v) is 4.61. The molecule has 1 aliphatic rings. The van der Waals surface area contributed by atoms with Crippen LogP contribution in [0, 0.1) is 0 Å². The first-order valence-electron chi connectivity index (χ1n) is 6.33. The van der Waals surface area contributed by atoms with E-state index in [-0.39, 0.29) is 24.4 Å². The third kappa shape index (κ3) is 3.69. The molecule has 1 saturated heterocycles. The first-order valence-corrected chi connectivity index (χ1v) is 6.33. The van der Waals surface area contributed by atoms with Crippen molar-refractivity contribution in [3.8, 4) is 0 Å². The molecule has 4 nitrogen and oxygen atoms in total. The molecular weight excluding hydrogens is 264 g/mol. The number of piperazine rings is 1. The molecule has 0 saturated carbocycles. The van der Waals surface area contributed by atoms with Crippen LogP contribution in [0.2, 0.25) is 0 Å². The van der Waals surface area contributed by atoms with E-state index in [1.807, 2.05) is 35.2 Å². The van der Waals surface area contributed by atoms with Crippen LogP contribution in [0.1, 0.15) is 18.6 Å². The quantitative estimate of drug-likeness (QED) is 0.917. The zero-order valence-electron chi connectivity index (χ0n) is 11.3. The van der Waals surface area contributed by atoms with Gasteiger partial charge in [-0.05, 0) is 12.5 Å². The molecule has 2 rings (SSSR count). The van der Waals surface area contributed by atoms with Gasteiger partial charge in [0, 0.05) is 32.8 Å². The van der Waals surface area contributed by atoms with Crippen molar-refractivity contribution in [3.63, 3.8) is 0 Å². The Bertz CT molecular complexity index is 400. The monoisotopic (exact) mass is 284 g/mol. The van der Waals surface area contributed by atoms with Crippen molar-refractivity contribution >= 4 is 18.3 Å². The minimum Gasteiger partial charge on any atom is -0.367 e. The zero-order valence-corrected chi connectivity index (χ0v) is 12.2. The Morgan fingerprint density at radius 2 is 2.11 bits per heavy atom. The summed E-state index contributed by atoms with van der Waals surface area (Å²) in [5.41, 5.74) is 0.913. The molecule has 1 aromatic carbocycles. The molecule has 2 unspecified atom stereocenters. The van der Waals surface area contributed by atoms with Crippen molar-refractivity contribution in [3.05, 3.63) is 35.9 Å². The van der Waals surface area contributed by atoms with Gasteiger partial charge in [-0.1, -0.05) is 30.3 Å². The maximum absolute atomic E-state index is 12.5. The molecule has 106 valence electrons. The van der Waals surface area contributed by atoms with Gasteiger partial charge in [0.1, 0.15) is 0 Å². The Balaban J connectivity index is 0.00000180. The Morgan fingerprint density at radius 3 is 2.68 bits per heavy atom. The van der Waals surface area contributed by atoms with Gasteiger partial charge in [0.2, 0.25) is 0 Å². The fourth-order valence-electron chi connectivity index (χ4n) is 2.33. The van der Waals surface area contributed by atoms with Crippen LogP contribution in [-0.2, 0) is 9.53 Å². The van der Waals surface area contributed by atoms with Gasteiger partial charge in [-0.25, -0.2) is 0 Å². The van der Waals surface area contributed by atoms with Crippen molar-refractivity contribution in [1.82, 2.24) is 10.2 Å². The van der Waals surface area contributed by atoms with Crippen molar-refractivity contribution in [2.75, 3.05) is 26.7 Å². The number of hydrogen-bond acceptors (Lipinski definition) is 3. The van der Waals surface area contributed by atoms with Gasteiger partial charge >= 0.3 is 0 Å². The van der Waals surface area contributed by atoms with Gasteiger partial charge in [0.05, 0.1) is 0 Å². The minimum absolute atomic E-state index is 0. The van der Waals surface area contributed by atoms with Crippen LogP contribution in [0.3, 0.4) is 0 Å². The number of rotatable bonds is 3. The summed E-state index contributed by atoms with van der Waals surface area (Å²) in [6, 6.07) is 9.87. The van der Waals surface area contributed by atoms with Crippen molar-refractivity contribution < 1.29 is 9.53 Å². The highest BCUT2D eigenvalue weighted by Crippen LogP contribution is 2.20. The molecule has 0 radical (unpaired) electrons. The average molecular weight is 285 g/mol. The molecule has 1 heterocycles. The normalized spacial score (nSPS) is 20.5. The van der Waals surface area contributed by atoms with Gasteiger partial charge < -0.3 is 15.0 Å². The van der Waals surface area contributed by atoms with E-state index in [2.05, 4.69) is 12.2 Å². The molecule has 5 heteroatoms. The average Bonchev–Trinajstić information content (AvgIpc) is 2.41. The van der Waals surface area contributed by atoms with Crippen LogP contribution in [-0.4, -0.2) is 43.6 Å². The summed E-state index contributed by atoms with van der Waals surface area (Å²) in [6.45, 7) is 4.49. The maximum atomic E-state index is 12.5. The molecular formula is C14H21ClN2O2. The lowest BCUT2D eigenvalue weighted by Gasteiger charge is -2.36. The standard InChI is InChI=1S/C14H20N2O2.ClH/c1-11-10-15-8-9-16(11)14(17)13(18-2)12-6-4-3-5-7-12;/h3-7,11,13,15H,8-10H2,1-2H3;1H. The third-order valence-corrected chi connectivity index (χ3v) is 3.35. The molecule has 1 amide bonds. The highest BCUT2D eigenvalue weighted by Gasteiger charge is 2.30. The van der Waals surface area contributed by atoms with Crippen molar-refractivity contribution in [1.29, 1.82) is 0 Å². The molecule has 0 aromatic heterocycles. The smallest absolute Gasteiger partial charge is 0.256 e. The summed E-state index contributed by atoms with van der Waals surface area (Å²) in [5.74, 6) is 0.0534. The van der Waals surface area contributed by atoms with E-state index in [1.54, 1.807) is 7.11 Å². The van der Waals surface area contributed by atoms with Gasteiger partial charge in [-0.2, -0.15) is 0 Å². The van der Waals surface area contributed by atoms with Crippen LogP contribution in [0.4, 0.5) is 0 Å². The molecule has 1 fully saturated rings. The summed E-state index contributed by atoms with van der Waals surface area (Å²) in [4.78, 5) is 14.4. The summed E-state index contributed by atoms with van der Waals surface area (Å²) < 4.78 is 5.39. The van der Waals surface area contributed by atoms with E-state index >= 15 is 0 Å². The lowest BCUT2D eigenvalue weighted by Crippen LogP contribution is -2.53. The number of halogens is 1. The van der Waals surface area contributed by atoms with E-state index in [4.69, 9.17) is 4.74 Å². The lowest BCUT2D eigenvalue weighted by molar-refractivity contribution is -0.145. The molecule has 0 aliphatic carbocycles. The summed E-state index contributed by atoms with van der Waals surface area (Å²) >= 11 is 0. The molecule has 1 N–H and O–H groups in total. The van der Waals surface area contributed by atoms with Crippen molar-refractivity contribution in [2.45, 2.75) is 19.1 Å². The number of carbonyl (C=O) groups is 1. The van der Waals surface area contributed by atoms with Crippen LogP contribution < -0.4 is 5.32 Å². The zero-order chi connectivity index (χ0) is 13.0. The third-order valence-electron chi connectivity index (χ3n) is 3.35. The number of carbonyl (C=O) groups excluding carboxylic acids is 1. The Hall–Kier alpha value is -1.10. The number of hydrogen-bond donors (Lipinski definition) is 1. The Morgan fingerprint density at radius 1 is 1.42 bits per heavy atom. The summed E-state index contributed by atoms with van der Waals surface area (Å²) in [7, 11) is 1.59. The molecule has 1 aromatic rings. The van der Waals surface area contributed by atoms with Crippen LogP contribution in [0.25, 0.3) is 0 Å². The molecule has 1 aliphatic heterocycles. The number of ether oxygens (including phenoxy) is 1. The largest absolute Gasteiger partial charge is 0.367 e. The Labute approximate surface area is 120 Å². The van der Waals surface area contributed by atoms with E-state index in [9.17, 15) is 4.79 Å². The summed E-state index contributed by atoms with van der Waals surface area (Å²) in [5, 5.41) is 3.28. The van der Waals surface area contributed by atoms with Crippen LogP contribution in [0.5, 0.6) is 0 Å². The lowest BCUT2D eigenvalue weighted by atomic mass is 10.1. The number of nitrogens with one attached hydrogen (secondary N) is 1. The van der Waals surface area contributed by atoms with E-state index in [1.165, 1.54) is 0 Å². The maximum Gasteiger partial charge on any atom is 0.256 e. The first kappa shape index (κ1) is 16.0. The highest BCUT2D eigenvalue weighted by atomic mass is 35.5. The van der Waals surface area contributed by atoms with Gasteiger partial charge in [-0.15, -0.1) is 12.4 Å². The number of amides is 1. The van der Waals surface area contributed by atoms with Gasteiger partial charge in [0.25, 0.3) is 5.91 Å². The summed E-state index contributed by atoms with van der Waals surface area (Å²) in [6.07, 6.45) is -0.494. The Kier molecular flexibility index (Phi) is 6.28. The SMILES string of the molecule is COC(C(=O)N1CCNCC1C)c1ccccc1.Cl. The molecule has 2 atom stereocenters. The second kappa shape index (κ2) is 7.48. The minimum atomic E-state index is -0.494. The van der Waals surface area contributed by atoms with Crippen LogP contribution in [0.15, 0.2) is 30.3 Å². The first-order chi connectivity index (χ1) is 8.74. The van der Waals surface area contributed by atoms with Crippen LogP contribution >= 0.6 is 12.4 Å². The fourth-order valence-corrected chi connectivity index (χ4v) is 2.33. The number of methoxy groups -OCH3 is 1. The fraction of sp³-hybridized carbons (Fsp3) is 0.500. The van der Waals surface area contributed by atoms with Crippen molar-refractivity contribution in [2.24, 2.45) is 0 Å². The van der Waals surface area contributed by atoms with Gasteiger partial charge in [-0.3, -0.25) is 4.79 Å².